The monoisotopic (exact) mass is 303 g/mol. The summed E-state index contributed by atoms with van der Waals surface area (Å²) < 4.78 is 0. The molecule has 22 heavy (non-hydrogen) atoms. The van der Waals surface area contributed by atoms with E-state index < -0.39 is 5.97 Å². The number of aliphatic hydroxyl groups is 1. The van der Waals surface area contributed by atoms with E-state index in [4.69, 9.17) is 5.11 Å². The number of benzene rings is 1. The predicted molar refractivity (Wildman–Crippen MR) is 85.5 cm³/mol. The van der Waals surface area contributed by atoms with E-state index in [-0.39, 0.29) is 17.1 Å². The number of aliphatic carboxylic acids is 1. The van der Waals surface area contributed by atoms with E-state index in [1.165, 1.54) is 12.2 Å². The maximum Gasteiger partial charge on any atom is 0.339 e. The Morgan fingerprint density at radius 1 is 1.32 bits per heavy atom. The molecule has 5 nitrogen and oxygen atoms in total. The van der Waals surface area contributed by atoms with Crippen LogP contribution in [0.25, 0.3) is 0 Å². The van der Waals surface area contributed by atoms with Gasteiger partial charge in [0.2, 0.25) is 0 Å². The van der Waals surface area contributed by atoms with E-state index in [2.05, 4.69) is 5.32 Å². The van der Waals surface area contributed by atoms with Crippen molar-refractivity contribution in [2.75, 3.05) is 0 Å². The molecule has 0 aliphatic rings. The summed E-state index contributed by atoms with van der Waals surface area (Å²) >= 11 is 0. The number of hydrogen-bond acceptors (Lipinski definition) is 4. The van der Waals surface area contributed by atoms with Crippen LogP contribution in [-0.2, 0) is 11.3 Å². The average Bonchev–Trinajstić information content (AvgIpc) is 2.45. The molecular weight excluding hydrogens is 282 g/mol. The Hall–Kier alpha value is -2.69. The molecule has 0 fully saturated rings. The molecule has 0 aromatic heterocycles. The van der Waals surface area contributed by atoms with Crippen molar-refractivity contribution in [3.8, 4) is 5.75 Å². The van der Waals surface area contributed by atoms with Gasteiger partial charge in [0.25, 0.3) is 0 Å². The van der Waals surface area contributed by atoms with Gasteiger partial charge in [-0.3, -0.25) is 0 Å². The molecule has 1 aromatic rings. The number of carbonyl (C=O) groups is 1. The number of allylic oxidation sites excluding steroid dienone is 3. The van der Waals surface area contributed by atoms with Crippen LogP contribution < -0.4 is 5.32 Å². The third kappa shape index (κ3) is 5.01. The fourth-order valence-corrected chi connectivity index (χ4v) is 1.84. The van der Waals surface area contributed by atoms with Crippen LogP contribution in [0.15, 0.2) is 53.5 Å². The molecule has 0 aliphatic heterocycles. The standard InChI is InChI=1S/C17H21NO4/c1-4-5-16(20)15(17(21)22)8-12(3)18-10-13-9-14(19)7-6-11(13)2/h4-9,18-20H,10H2,1-3H3,(H,21,22)/b5-4-,12-8+,16-15-. The largest absolute Gasteiger partial charge is 0.508 e. The van der Waals surface area contributed by atoms with Gasteiger partial charge in [0.15, 0.2) is 0 Å². The Bertz CT molecular complexity index is 642. The molecule has 0 unspecified atom stereocenters. The number of aryl methyl sites for hydroxylation is 1. The van der Waals surface area contributed by atoms with Crippen molar-refractivity contribution in [2.45, 2.75) is 27.3 Å². The van der Waals surface area contributed by atoms with Crippen LogP contribution in [0.5, 0.6) is 5.75 Å². The second kappa shape index (κ2) is 7.93. The van der Waals surface area contributed by atoms with E-state index in [0.717, 1.165) is 11.1 Å². The molecule has 5 heteroatoms. The van der Waals surface area contributed by atoms with Gasteiger partial charge in [-0.25, -0.2) is 4.79 Å². The van der Waals surface area contributed by atoms with Crippen LogP contribution in [0.2, 0.25) is 0 Å². The first kappa shape index (κ1) is 17.4. The number of carboxylic acid groups (broad SMARTS) is 1. The fourth-order valence-electron chi connectivity index (χ4n) is 1.84. The molecule has 1 rings (SSSR count). The highest BCUT2D eigenvalue weighted by molar-refractivity contribution is 5.91. The lowest BCUT2D eigenvalue weighted by Gasteiger charge is -2.10. The van der Waals surface area contributed by atoms with Gasteiger partial charge in [-0.05, 0) is 56.2 Å². The lowest BCUT2D eigenvalue weighted by molar-refractivity contribution is -0.132. The maximum atomic E-state index is 11.2. The Kier molecular flexibility index (Phi) is 6.25. The molecule has 0 saturated carbocycles. The summed E-state index contributed by atoms with van der Waals surface area (Å²) in [5, 5.41) is 31.4. The average molecular weight is 303 g/mol. The fraction of sp³-hybridized carbons (Fsp3) is 0.235. The van der Waals surface area contributed by atoms with Crippen LogP contribution >= 0.6 is 0 Å². The molecule has 4 N–H and O–H groups in total. The molecule has 0 bridgehead atoms. The molecule has 0 heterocycles. The number of phenols is 1. The predicted octanol–water partition coefficient (Wildman–Crippen LogP) is 3.17. The molecule has 0 amide bonds. The molecule has 0 aliphatic carbocycles. The summed E-state index contributed by atoms with van der Waals surface area (Å²) in [6.07, 6.45) is 4.26. The second-order valence-electron chi connectivity index (χ2n) is 4.90. The van der Waals surface area contributed by atoms with E-state index in [1.54, 1.807) is 32.1 Å². The number of carboxylic acids is 1. The highest BCUT2D eigenvalue weighted by atomic mass is 16.4. The van der Waals surface area contributed by atoms with Crippen LogP contribution in [-0.4, -0.2) is 21.3 Å². The number of phenolic OH excluding ortho intramolecular Hbond substituents is 1. The van der Waals surface area contributed by atoms with Gasteiger partial charge in [-0.1, -0.05) is 12.1 Å². The highest BCUT2D eigenvalue weighted by Crippen LogP contribution is 2.16. The van der Waals surface area contributed by atoms with E-state index >= 15 is 0 Å². The van der Waals surface area contributed by atoms with E-state index in [1.807, 2.05) is 13.0 Å². The van der Waals surface area contributed by atoms with E-state index in [0.29, 0.717) is 12.2 Å². The minimum atomic E-state index is -1.20. The van der Waals surface area contributed by atoms with Crippen molar-refractivity contribution >= 4 is 5.97 Å². The Labute approximate surface area is 129 Å². The zero-order chi connectivity index (χ0) is 16.7. The number of aliphatic hydroxyl groups excluding tert-OH is 1. The van der Waals surface area contributed by atoms with E-state index in [9.17, 15) is 15.0 Å². The first-order chi connectivity index (χ1) is 10.3. The van der Waals surface area contributed by atoms with Crippen LogP contribution in [0.4, 0.5) is 0 Å². The third-order valence-electron chi connectivity index (χ3n) is 3.08. The molecule has 1 aromatic carbocycles. The Morgan fingerprint density at radius 2 is 2.00 bits per heavy atom. The highest BCUT2D eigenvalue weighted by Gasteiger charge is 2.10. The van der Waals surface area contributed by atoms with Crippen molar-refractivity contribution in [1.29, 1.82) is 0 Å². The summed E-state index contributed by atoms with van der Waals surface area (Å²) in [4.78, 5) is 11.2. The van der Waals surface area contributed by atoms with Crippen molar-refractivity contribution in [3.05, 3.63) is 64.6 Å². The van der Waals surface area contributed by atoms with Crippen LogP contribution in [0, 0.1) is 6.92 Å². The van der Waals surface area contributed by atoms with Crippen LogP contribution in [0.1, 0.15) is 25.0 Å². The van der Waals surface area contributed by atoms with Crippen LogP contribution in [0.3, 0.4) is 0 Å². The molecule has 0 radical (unpaired) electrons. The van der Waals surface area contributed by atoms with Gasteiger partial charge in [0, 0.05) is 12.2 Å². The molecule has 0 spiro atoms. The Morgan fingerprint density at radius 3 is 2.59 bits per heavy atom. The molecule has 0 atom stereocenters. The summed E-state index contributed by atoms with van der Waals surface area (Å²) in [5.74, 6) is -1.32. The number of rotatable bonds is 6. The molecular formula is C17H21NO4. The number of nitrogens with one attached hydrogen (secondary N) is 1. The quantitative estimate of drug-likeness (QED) is 0.368. The molecule has 0 saturated heterocycles. The number of hydrogen-bond donors (Lipinski definition) is 4. The topological polar surface area (TPSA) is 89.8 Å². The normalized spacial score (nSPS) is 13.1. The summed E-state index contributed by atoms with van der Waals surface area (Å²) in [6.45, 7) is 5.77. The minimum Gasteiger partial charge on any atom is -0.508 e. The third-order valence-corrected chi connectivity index (χ3v) is 3.08. The zero-order valence-electron chi connectivity index (χ0n) is 12.9. The summed E-state index contributed by atoms with van der Waals surface area (Å²) in [5.41, 5.74) is 2.34. The summed E-state index contributed by atoms with van der Waals surface area (Å²) in [7, 11) is 0. The van der Waals surface area contributed by atoms with Gasteiger partial charge >= 0.3 is 5.97 Å². The minimum absolute atomic E-state index is 0.181. The zero-order valence-corrected chi connectivity index (χ0v) is 12.9. The maximum absolute atomic E-state index is 11.2. The van der Waals surface area contributed by atoms with Gasteiger partial charge < -0.3 is 20.6 Å². The first-order valence-corrected chi connectivity index (χ1v) is 6.85. The lowest BCUT2D eigenvalue weighted by Crippen LogP contribution is -2.13. The Balaban J connectivity index is 2.91. The van der Waals surface area contributed by atoms with Gasteiger partial charge in [-0.2, -0.15) is 0 Å². The van der Waals surface area contributed by atoms with Crippen molar-refractivity contribution in [3.63, 3.8) is 0 Å². The van der Waals surface area contributed by atoms with Crippen molar-refractivity contribution in [1.82, 2.24) is 5.32 Å². The van der Waals surface area contributed by atoms with Gasteiger partial charge in [0.05, 0.1) is 0 Å². The first-order valence-electron chi connectivity index (χ1n) is 6.85. The van der Waals surface area contributed by atoms with Crippen molar-refractivity contribution in [2.24, 2.45) is 0 Å². The van der Waals surface area contributed by atoms with Crippen molar-refractivity contribution < 1.29 is 20.1 Å². The van der Waals surface area contributed by atoms with Gasteiger partial charge in [0.1, 0.15) is 17.1 Å². The van der Waals surface area contributed by atoms with Gasteiger partial charge in [-0.15, -0.1) is 0 Å². The lowest BCUT2D eigenvalue weighted by atomic mass is 10.1. The number of aromatic hydroxyl groups is 1. The SMILES string of the molecule is C\C=C/C(O)=C(\C=C(/C)NCc1cc(O)ccc1C)C(=O)O. The second-order valence-corrected chi connectivity index (χ2v) is 4.90. The smallest absolute Gasteiger partial charge is 0.339 e. The summed E-state index contributed by atoms with van der Waals surface area (Å²) in [6, 6.07) is 5.08. The molecule has 118 valence electrons.